The van der Waals surface area contributed by atoms with Crippen LogP contribution in [0.4, 0.5) is 13.2 Å². The van der Waals surface area contributed by atoms with Crippen molar-refractivity contribution in [2.75, 3.05) is 6.61 Å². The SMILES string of the molecule is FC(F)(F)c1ccc(OCC2C[C@H]3CCC[C@@H](C2)N3)cc1. The molecular weight excluding hydrogens is 279 g/mol. The molecule has 116 valence electrons. The molecule has 2 aliphatic rings. The van der Waals surface area contributed by atoms with Crippen molar-refractivity contribution in [3.05, 3.63) is 29.8 Å². The largest absolute Gasteiger partial charge is 0.493 e. The van der Waals surface area contributed by atoms with Crippen molar-refractivity contribution in [2.24, 2.45) is 5.92 Å². The standard InChI is InChI=1S/C16H20F3NO/c17-16(18,19)12-4-6-15(7-5-12)21-10-11-8-13-2-1-3-14(9-11)20-13/h4-7,11,13-14,20H,1-3,8-10H2/t11?,13-,14+. The van der Waals surface area contributed by atoms with E-state index in [0.29, 0.717) is 30.4 Å². The van der Waals surface area contributed by atoms with Gasteiger partial charge in [0.05, 0.1) is 12.2 Å². The van der Waals surface area contributed by atoms with Crippen LogP contribution in [0.25, 0.3) is 0 Å². The third kappa shape index (κ3) is 3.70. The first kappa shape index (κ1) is 14.7. The number of ether oxygens (including phenoxy) is 1. The molecule has 2 fully saturated rings. The van der Waals surface area contributed by atoms with Crippen LogP contribution in [-0.2, 0) is 6.18 Å². The van der Waals surface area contributed by atoms with Gasteiger partial charge in [-0.1, -0.05) is 6.42 Å². The number of alkyl halides is 3. The van der Waals surface area contributed by atoms with Crippen LogP contribution in [0, 0.1) is 5.92 Å². The maximum atomic E-state index is 12.5. The Kier molecular flexibility index (Phi) is 4.11. The highest BCUT2D eigenvalue weighted by Gasteiger charge is 2.32. The minimum Gasteiger partial charge on any atom is -0.493 e. The highest BCUT2D eigenvalue weighted by molar-refractivity contribution is 5.28. The van der Waals surface area contributed by atoms with Crippen molar-refractivity contribution in [3.63, 3.8) is 0 Å². The molecule has 2 saturated heterocycles. The van der Waals surface area contributed by atoms with Crippen LogP contribution < -0.4 is 10.1 Å². The Morgan fingerprint density at radius 2 is 1.67 bits per heavy atom. The number of piperidine rings is 2. The van der Waals surface area contributed by atoms with E-state index in [9.17, 15) is 13.2 Å². The molecule has 1 unspecified atom stereocenters. The summed E-state index contributed by atoms with van der Waals surface area (Å²) in [5.41, 5.74) is -0.633. The number of halogens is 3. The quantitative estimate of drug-likeness (QED) is 0.910. The van der Waals surface area contributed by atoms with Gasteiger partial charge < -0.3 is 10.1 Å². The second-order valence-corrected chi connectivity index (χ2v) is 6.16. The molecule has 2 aliphatic heterocycles. The highest BCUT2D eigenvalue weighted by atomic mass is 19.4. The van der Waals surface area contributed by atoms with Gasteiger partial charge >= 0.3 is 6.18 Å². The predicted molar refractivity (Wildman–Crippen MR) is 74.2 cm³/mol. The number of benzene rings is 1. The first-order valence-electron chi connectivity index (χ1n) is 7.57. The minimum atomic E-state index is -4.29. The van der Waals surface area contributed by atoms with Crippen LogP contribution in [-0.4, -0.2) is 18.7 Å². The zero-order chi connectivity index (χ0) is 14.9. The van der Waals surface area contributed by atoms with Gasteiger partial charge in [-0.15, -0.1) is 0 Å². The first-order chi connectivity index (χ1) is 10.0. The van der Waals surface area contributed by atoms with E-state index in [1.54, 1.807) is 0 Å². The summed E-state index contributed by atoms with van der Waals surface area (Å²) in [6.07, 6.45) is 1.69. The van der Waals surface area contributed by atoms with Crippen LogP contribution in [0.2, 0.25) is 0 Å². The zero-order valence-electron chi connectivity index (χ0n) is 11.8. The van der Waals surface area contributed by atoms with E-state index in [1.165, 1.54) is 31.4 Å². The van der Waals surface area contributed by atoms with Crippen molar-refractivity contribution < 1.29 is 17.9 Å². The summed E-state index contributed by atoms with van der Waals surface area (Å²) in [5.74, 6) is 1.02. The number of hydrogen-bond donors (Lipinski definition) is 1. The van der Waals surface area contributed by atoms with Gasteiger partial charge in [-0.2, -0.15) is 13.2 Å². The third-order valence-electron chi connectivity index (χ3n) is 4.48. The number of fused-ring (bicyclic) bond motifs is 2. The van der Waals surface area contributed by atoms with Crippen molar-refractivity contribution >= 4 is 0 Å². The lowest BCUT2D eigenvalue weighted by Gasteiger charge is -2.40. The Balaban J connectivity index is 1.53. The zero-order valence-corrected chi connectivity index (χ0v) is 11.8. The van der Waals surface area contributed by atoms with Crippen LogP contribution in [0.1, 0.15) is 37.7 Å². The van der Waals surface area contributed by atoms with Gasteiger partial charge in [0.1, 0.15) is 5.75 Å². The molecule has 0 radical (unpaired) electrons. The monoisotopic (exact) mass is 299 g/mol. The lowest BCUT2D eigenvalue weighted by molar-refractivity contribution is -0.137. The molecule has 2 heterocycles. The molecule has 0 spiro atoms. The highest BCUT2D eigenvalue weighted by Crippen LogP contribution is 2.32. The van der Waals surface area contributed by atoms with Gasteiger partial charge in [-0.25, -0.2) is 0 Å². The molecule has 3 atom stereocenters. The summed E-state index contributed by atoms with van der Waals surface area (Å²) in [6, 6.07) is 6.16. The smallest absolute Gasteiger partial charge is 0.416 e. The summed E-state index contributed by atoms with van der Waals surface area (Å²) in [4.78, 5) is 0. The molecule has 0 saturated carbocycles. The summed E-state index contributed by atoms with van der Waals surface area (Å²) in [7, 11) is 0. The van der Waals surface area contributed by atoms with Crippen molar-refractivity contribution in [1.82, 2.24) is 5.32 Å². The second-order valence-electron chi connectivity index (χ2n) is 6.16. The fraction of sp³-hybridized carbons (Fsp3) is 0.625. The Labute approximate surface area is 122 Å². The van der Waals surface area contributed by atoms with Crippen molar-refractivity contribution in [2.45, 2.75) is 50.4 Å². The maximum absolute atomic E-state index is 12.5. The molecule has 1 N–H and O–H groups in total. The third-order valence-corrected chi connectivity index (χ3v) is 4.48. The molecule has 5 heteroatoms. The van der Waals surface area contributed by atoms with Gasteiger partial charge in [-0.05, 0) is 55.9 Å². The molecule has 1 aromatic carbocycles. The minimum absolute atomic E-state index is 0.504. The lowest BCUT2D eigenvalue weighted by atomic mass is 9.81. The number of nitrogens with one attached hydrogen (secondary N) is 1. The average molecular weight is 299 g/mol. The summed E-state index contributed by atoms with van der Waals surface area (Å²) in [6.45, 7) is 0.597. The van der Waals surface area contributed by atoms with E-state index >= 15 is 0 Å². The van der Waals surface area contributed by atoms with E-state index < -0.39 is 11.7 Å². The molecule has 0 amide bonds. The summed E-state index contributed by atoms with van der Waals surface area (Å²) < 4.78 is 43.1. The molecule has 1 aromatic rings. The maximum Gasteiger partial charge on any atom is 0.416 e. The van der Waals surface area contributed by atoms with Gasteiger partial charge in [-0.3, -0.25) is 0 Å². The second kappa shape index (κ2) is 5.87. The molecule has 21 heavy (non-hydrogen) atoms. The normalized spacial score (nSPS) is 29.2. The van der Waals surface area contributed by atoms with E-state index in [4.69, 9.17) is 4.74 Å². The Bertz CT molecular complexity index is 459. The summed E-state index contributed by atoms with van der Waals surface area (Å²) >= 11 is 0. The van der Waals surface area contributed by atoms with E-state index in [1.807, 2.05) is 0 Å². The molecule has 0 aliphatic carbocycles. The van der Waals surface area contributed by atoms with Crippen LogP contribution in [0.5, 0.6) is 5.75 Å². The molecular formula is C16H20F3NO. The topological polar surface area (TPSA) is 21.3 Å². The number of hydrogen-bond acceptors (Lipinski definition) is 2. The van der Waals surface area contributed by atoms with Gasteiger partial charge in [0.2, 0.25) is 0 Å². The van der Waals surface area contributed by atoms with Crippen LogP contribution in [0.3, 0.4) is 0 Å². The van der Waals surface area contributed by atoms with Gasteiger partial charge in [0.15, 0.2) is 0 Å². The van der Waals surface area contributed by atoms with Gasteiger partial charge in [0.25, 0.3) is 0 Å². The molecule has 2 bridgehead atoms. The molecule has 2 nitrogen and oxygen atoms in total. The van der Waals surface area contributed by atoms with Crippen molar-refractivity contribution in [3.8, 4) is 5.75 Å². The van der Waals surface area contributed by atoms with Gasteiger partial charge in [0, 0.05) is 12.1 Å². The molecule has 0 aromatic heterocycles. The fourth-order valence-corrected chi connectivity index (χ4v) is 3.47. The summed E-state index contributed by atoms with van der Waals surface area (Å²) in [5, 5.41) is 3.62. The number of rotatable bonds is 3. The first-order valence-corrected chi connectivity index (χ1v) is 7.57. The Morgan fingerprint density at radius 1 is 1.05 bits per heavy atom. The van der Waals surface area contributed by atoms with Crippen LogP contribution in [0.15, 0.2) is 24.3 Å². The van der Waals surface area contributed by atoms with Crippen LogP contribution >= 0.6 is 0 Å². The Morgan fingerprint density at radius 3 is 2.24 bits per heavy atom. The van der Waals surface area contributed by atoms with Crippen molar-refractivity contribution in [1.29, 1.82) is 0 Å². The fourth-order valence-electron chi connectivity index (χ4n) is 3.47. The van der Waals surface area contributed by atoms with E-state index in [2.05, 4.69) is 5.32 Å². The predicted octanol–water partition coefficient (Wildman–Crippen LogP) is 4.00. The molecule has 3 rings (SSSR count). The Hall–Kier alpha value is -1.23. The van der Waals surface area contributed by atoms with E-state index in [-0.39, 0.29) is 0 Å². The van der Waals surface area contributed by atoms with E-state index in [0.717, 1.165) is 25.0 Å². The lowest BCUT2D eigenvalue weighted by Crippen LogP contribution is -2.49. The average Bonchev–Trinajstić information content (AvgIpc) is 2.44.